The normalized spacial score (nSPS) is 21.7. The topological polar surface area (TPSA) is 61.4 Å². The summed E-state index contributed by atoms with van der Waals surface area (Å²) < 4.78 is 0. The van der Waals surface area contributed by atoms with E-state index in [4.69, 9.17) is 5.11 Å². The van der Waals surface area contributed by atoms with E-state index in [1.165, 1.54) is 0 Å². The van der Waals surface area contributed by atoms with E-state index in [1.807, 2.05) is 20.8 Å². The minimum Gasteiger partial charge on any atom is -0.392 e. The Morgan fingerprint density at radius 2 is 2.15 bits per heavy atom. The first-order valence-corrected chi connectivity index (χ1v) is 4.56. The molecule has 1 amide bonds. The third-order valence-electron chi connectivity index (χ3n) is 1.53. The molecule has 0 radical (unpaired) electrons. The van der Waals surface area contributed by atoms with Crippen molar-refractivity contribution in [3.8, 4) is 0 Å². The quantitative estimate of drug-likeness (QED) is 0.502. The monoisotopic (exact) mass is 188 g/mol. The highest BCUT2D eigenvalue weighted by molar-refractivity contribution is 5.47. The maximum absolute atomic E-state index is 9.71. The number of hydrogen-bond acceptors (Lipinski definition) is 3. The third-order valence-corrected chi connectivity index (χ3v) is 1.53. The first-order valence-electron chi connectivity index (χ1n) is 4.56. The molecule has 1 aliphatic rings. The van der Waals surface area contributed by atoms with Gasteiger partial charge < -0.3 is 15.7 Å². The predicted molar refractivity (Wildman–Crippen MR) is 52.4 cm³/mol. The molecule has 1 aliphatic heterocycles. The molecule has 0 spiro atoms. The molecule has 4 heteroatoms. The third kappa shape index (κ3) is 9.30. The van der Waals surface area contributed by atoms with Crippen LogP contribution < -0.4 is 10.6 Å². The van der Waals surface area contributed by atoms with Gasteiger partial charge in [-0.3, -0.25) is 4.79 Å². The van der Waals surface area contributed by atoms with Crippen LogP contribution in [0.5, 0.6) is 0 Å². The lowest BCUT2D eigenvalue weighted by molar-refractivity contribution is -0.110. The van der Waals surface area contributed by atoms with Gasteiger partial charge in [0.1, 0.15) is 0 Å². The molecule has 3 N–H and O–H groups in total. The fourth-order valence-corrected chi connectivity index (χ4v) is 0.816. The number of aliphatic hydroxyl groups is 1. The van der Waals surface area contributed by atoms with Crippen molar-refractivity contribution in [2.24, 2.45) is 0 Å². The second kappa shape index (κ2) is 5.94. The molecule has 0 aromatic rings. The van der Waals surface area contributed by atoms with Gasteiger partial charge in [-0.2, -0.15) is 0 Å². The largest absolute Gasteiger partial charge is 0.392 e. The van der Waals surface area contributed by atoms with E-state index >= 15 is 0 Å². The summed E-state index contributed by atoms with van der Waals surface area (Å²) in [4.78, 5) is 9.71. The number of amides is 1. The molecule has 1 heterocycles. The summed E-state index contributed by atoms with van der Waals surface area (Å²) in [5.74, 6) is 0. The van der Waals surface area contributed by atoms with Crippen LogP contribution in [0.25, 0.3) is 0 Å². The zero-order chi connectivity index (χ0) is 10.3. The minimum atomic E-state index is -0.0677. The standard InChI is InChI=1S/C5H11NO.C4H9NO/c1-5(2,3)6-4-7;6-4-1-2-5-3-4/h4H,1-3H3,(H,6,7);4-6H,1-3H2. The van der Waals surface area contributed by atoms with Crippen LogP contribution in [0.4, 0.5) is 0 Å². The van der Waals surface area contributed by atoms with Gasteiger partial charge in [0.15, 0.2) is 0 Å². The van der Waals surface area contributed by atoms with E-state index in [-0.39, 0.29) is 11.6 Å². The van der Waals surface area contributed by atoms with Gasteiger partial charge in [0.05, 0.1) is 6.10 Å². The summed E-state index contributed by atoms with van der Waals surface area (Å²) in [5, 5.41) is 14.3. The summed E-state index contributed by atoms with van der Waals surface area (Å²) in [6.07, 6.45) is 1.57. The van der Waals surface area contributed by atoms with Crippen LogP contribution >= 0.6 is 0 Å². The van der Waals surface area contributed by atoms with Gasteiger partial charge in [-0.1, -0.05) is 0 Å². The van der Waals surface area contributed by atoms with Crippen molar-refractivity contribution in [3.05, 3.63) is 0 Å². The van der Waals surface area contributed by atoms with Crippen LogP contribution in [-0.2, 0) is 4.79 Å². The van der Waals surface area contributed by atoms with Crippen LogP contribution in [0, 0.1) is 0 Å². The fraction of sp³-hybridized carbons (Fsp3) is 0.889. The Bertz CT molecular complexity index is 137. The lowest BCUT2D eigenvalue weighted by atomic mass is 10.1. The van der Waals surface area contributed by atoms with Crippen LogP contribution in [0.1, 0.15) is 27.2 Å². The number of nitrogens with one attached hydrogen (secondary N) is 2. The Balaban J connectivity index is 0.000000223. The maximum atomic E-state index is 9.71. The Hall–Kier alpha value is -0.610. The molecule has 1 rings (SSSR count). The number of β-amino-alcohol motifs (C(OH)–C–C–N with tert-alkyl or cyclic N) is 1. The highest BCUT2D eigenvalue weighted by Crippen LogP contribution is 1.94. The van der Waals surface area contributed by atoms with Crippen molar-refractivity contribution in [2.45, 2.75) is 38.8 Å². The average molecular weight is 188 g/mol. The van der Waals surface area contributed by atoms with E-state index in [0.29, 0.717) is 6.41 Å². The van der Waals surface area contributed by atoms with Gasteiger partial charge in [-0.05, 0) is 33.7 Å². The summed E-state index contributed by atoms with van der Waals surface area (Å²) in [6.45, 7) is 7.57. The Morgan fingerprint density at radius 1 is 1.54 bits per heavy atom. The minimum absolute atomic E-state index is 0.0648. The number of carbonyl (C=O) groups excluding carboxylic acids is 1. The van der Waals surface area contributed by atoms with Crippen molar-refractivity contribution in [1.29, 1.82) is 0 Å². The van der Waals surface area contributed by atoms with Crippen molar-refractivity contribution >= 4 is 6.41 Å². The van der Waals surface area contributed by atoms with Gasteiger partial charge in [-0.15, -0.1) is 0 Å². The molecule has 0 aromatic carbocycles. The molecular formula is C9H20N2O2. The van der Waals surface area contributed by atoms with Gasteiger partial charge >= 0.3 is 0 Å². The molecular weight excluding hydrogens is 168 g/mol. The van der Waals surface area contributed by atoms with Crippen LogP contribution in [0.3, 0.4) is 0 Å². The summed E-state index contributed by atoms with van der Waals surface area (Å²) in [6, 6.07) is 0. The molecule has 0 saturated carbocycles. The molecule has 0 aromatic heterocycles. The summed E-state index contributed by atoms with van der Waals surface area (Å²) in [5.41, 5.74) is -0.0677. The highest BCUT2D eigenvalue weighted by Gasteiger charge is 2.08. The van der Waals surface area contributed by atoms with Crippen molar-refractivity contribution in [3.63, 3.8) is 0 Å². The molecule has 1 saturated heterocycles. The summed E-state index contributed by atoms with van der Waals surface area (Å²) in [7, 11) is 0. The SMILES string of the molecule is CC(C)(C)NC=O.OC1CCNC1. The molecule has 0 bridgehead atoms. The van der Waals surface area contributed by atoms with E-state index in [1.54, 1.807) is 0 Å². The van der Waals surface area contributed by atoms with E-state index in [9.17, 15) is 4.79 Å². The van der Waals surface area contributed by atoms with E-state index in [2.05, 4.69) is 10.6 Å². The van der Waals surface area contributed by atoms with Crippen molar-refractivity contribution < 1.29 is 9.90 Å². The van der Waals surface area contributed by atoms with Crippen LogP contribution in [0.2, 0.25) is 0 Å². The predicted octanol–water partition coefficient (Wildman–Crippen LogP) is -0.128. The Morgan fingerprint density at radius 3 is 2.23 bits per heavy atom. The Kier molecular flexibility index (Phi) is 5.66. The number of rotatable bonds is 1. The molecule has 1 atom stereocenters. The molecule has 13 heavy (non-hydrogen) atoms. The van der Waals surface area contributed by atoms with Gasteiger partial charge in [0, 0.05) is 12.1 Å². The van der Waals surface area contributed by atoms with Crippen molar-refractivity contribution in [2.75, 3.05) is 13.1 Å². The number of aliphatic hydroxyl groups excluding tert-OH is 1. The summed E-state index contributed by atoms with van der Waals surface area (Å²) >= 11 is 0. The van der Waals surface area contributed by atoms with Crippen LogP contribution in [-0.4, -0.2) is 36.2 Å². The molecule has 1 fully saturated rings. The molecule has 1 unspecified atom stereocenters. The molecule has 4 nitrogen and oxygen atoms in total. The molecule has 0 aliphatic carbocycles. The van der Waals surface area contributed by atoms with E-state index < -0.39 is 0 Å². The molecule has 78 valence electrons. The number of carbonyl (C=O) groups is 1. The zero-order valence-corrected chi connectivity index (χ0v) is 8.63. The first kappa shape index (κ1) is 12.4. The van der Waals surface area contributed by atoms with Gasteiger partial charge in [-0.25, -0.2) is 0 Å². The van der Waals surface area contributed by atoms with Gasteiger partial charge in [0.2, 0.25) is 6.41 Å². The highest BCUT2D eigenvalue weighted by atomic mass is 16.3. The lowest BCUT2D eigenvalue weighted by Crippen LogP contribution is -2.34. The number of hydrogen-bond donors (Lipinski definition) is 3. The van der Waals surface area contributed by atoms with Gasteiger partial charge in [0.25, 0.3) is 0 Å². The van der Waals surface area contributed by atoms with Crippen LogP contribution in [0.15, 0.2) is 0 Å². The Labute approximate surface area is 79.7 Å². The average Bonchev–Trinajstić information content (AvgIpc) is 2.38. The second-order valence-corrected chi connectivity index (χ2v) is 4.16. The smallest absolute Gasteiger partial charge is 0.207 e. The fourth-order valence-electron chi connectivity index (χ4n) is 0.816. The maximum Gasteiger partial charge on any atom is 0.207 e. The lowest BCUT2D eigenvalue weighted by Gasteiger charge is -2.15. The first-order chi connectivity index (χ1) is 5.95. The van der Waals surface area contributed by atoms with Crippen molar-refractivity contribution in [1.82, 2.24) is 10.6 Å². The van der Waals surface area contributed by atoms with E-state index in [0.717, 1.165) is 19.5 Å². The zero-order valence-electron chi connectivity index (χ0n) is 8.63. The second-order valence-electron chi connectivity index (χ2n) is 4.16.